The van der Waals surface area contributed by atoms with Crippen molar-refractivity contribution in [1.29, 1.82) is 0 Å². The van der Waals surface area contributed by atoms with Gasteiger partial charge in [-0.1, -0.05) is 45.2 Å². The number of nitrogens with one attached hydrogen (secondary N) is 1. The summed E-state index contributed by atoms with van der Waals surface area (Å²) in [5.41, 5.74) is 7.65. The van der Waals surface area contributed by atoms with Crippen molar-refractivity contribution in [2.45, 2.75) is 6.42 Å². The third kappa shape index (κ3) is 4.37. The van der Waals surface area contributed by atoms with Crippen LogP contribution in [0.4, 0.5) is 5.69 Å². The van der Waals surface area contributed by atoms with Crippen LogP contribution < -0.4 is 11.1 Å². The molecule has 3 nitrogen and oxygen atoms in total. The number of carbonyl (C=O) groups is 1. The molecule has 21 heavy (non-hydrogen) atoms. The zero-order valence-electron chi connectivity index (χ0n) is 11.0. The molecule has 0 bridgehead atoms. The number of carbonyl (C=O) groups excluding carboxylic acids is 1. The summed E-state index contributed by atoms with van der Waals surface area (Å²) in [5.74, 6) is -0.204. The number of benzene rings is 2. The molecule has 1 amide bonds. The average molecular weight is 388 g/mol. The quantitative estimate of drug-likeness (QED) is 0.768. The van der Waals surface area contributed by atoms with Crippen molar-refractivity contribution >= 4 is 50.7 Å². The van der Waals surface area contributed by atoms with Gasteiger partial charge in [-0.2, -0.15) is 0 Å². The maximum atomic E-state index is 12.0. The number of nitrogen functional groups attached to an aromatic ring is 1. The second-order valence-electron chi connectivity index (χ2n) is 4.47. The van der Waals surface area contributed by atoms with Crippen LogP contribution in [0.25, 0.3) is 0 Å². The van der Waals surface area contributed by atoms with Gasteiger partial charge in [-0.05, 0) is 42.3 Å². The number of hydrogen-bond acceptors (Lipinski definition) is 2. The lowest BCUT2D eigenvalue weighted by atomic mass is 10.1. The summed E-state index contributed by atoms with van der Waals surface area (Å²) in [6.07, 6.45) is 0.623. The van der Waals surface area contributed by atoms with E-state index in [1.165, 1.54) is 0 Å². The highest BCUT2D eigenvalue weighted by Gasteiger charge is 2.09. The first kappa shape index (κ1) is 16.1. The molecule has 0 aliphatic heterocycles. The van der Waals surface area contributed by atoms with Gasteiger partial charge >= 0.3 is 0 Å². The van der Waals surface area contributed by atoms with E-state index in [0.717, 1.165) is 10.0 Å². The first-order chi connectivity index (χ1) is 9.97. The zero-order chi connectivity index (χ0) is 15.4. The number of halogens is 3. The predicted octanol–water partition coefficient (Wildman–Crippen LogP) is 4.31. The van der Waals surface area contributed by atoms with Gasteiger partial charge in [0.15, 0.2) is 0 Å². The molecule has 3 N–H and O–H groups in total. The molecule has 0 aliphatic rings. The van der Waals surface area contributed by atoms with Gasteiger partial charge in [0.05, 0.1) is 5.56 Å². The van der Waals surface area contributed by atoms with Crippen molar-refractivity contribution in [2.24, 2.45) is 0 Å². The smallest absolute Gasteiger partial charge is 0.253 e. The largest absolute Gasteiger partial charge is 0.398 e. The Labute approximate surface area is 141 Å². The van der Waals surface area contributed by atoms with E-state index in [9.17, 15) is 4.79 Å². The number of hydrogen-bond donors (Lipinski definition) is 2. The fourth-order valence-electron chi connectivity index (χ4n) is 1.87. The van der Waals surface area contributed by atoms with Crippen LogP contribution in [0.15, 0.2) is 40.9 Å². The van der Waals surface area contributed by atoms with Crippen molar-refractivity contribution in [1.82, 2.24) is 5.32 Å². The maximum absolute atomic E-state index is 12.0. The molecule has 0 saturated heterocycles. The minimum atomic E-state index is -0.204. The van der Waals surface area contributed by atoms with Gasteiger partial charge in [-0.15, -0.1) is 0 Å². The molecule has 0 heterocycles. The van der Waals surface area contributed by atoms with Crippen LogP contribution in [0.2, 0.25) is 10.0 Å². The molecule has 0 aromatic heterocycles. The number of nitrogens with two attached hydrogens (primary N) is 1. The van der Waals surface area contributed by atoms with Gasteiger partial charge in [0, 0.05) is 26.8 Å². The van der Waals surface area contributed by atoms with E-state index in [1.807, 2.05) is 6.07 Å². The summed E-state index contributed by atoms with van der Waals surface area (Å²) in [6.45, 7) is 0.468. The van der Waals surface area contributed by atoms with Gasteiger partial charge in [-0.25, -0.2) is 0 Å². The van der Waals surface area contributed by atoms with Gasteiger partial charge in [0.25, 0.3) is 5.91 Å². The lowest BCUT2D eigenvalue weighted by Gasteiger charge is -2.09. The van der Waals surface area contributed by atoms with Crippen molar-refractivity contribution in [3.05, 3.63) is 62.0 Å². The molecular formula is C15H13BrCl2N2O. The van der Waals surface area contributed by atoms with Crippen LogP contribution in [-0.4, -0.2) is 12.5 Å². The molecule has 0 saturated carbocycles. The molecule has 6 heteroatoms. The summed E-state index contributed by atoms with van der Waals surface area (Å²) in [4.78, 5) is 12.0. The first-order valence-electron chi connectivity index (χ1n) is 6.24. The van der Waals surface area contributed by atoms with Gasteiger partial charge < -0.3 is 11.1 Å². The number of rotatable bonds is 4. The fraction of sp³-hybridized carbons (Fsp3) is 0.133. The van der Waals surface area contributed by atoms with Crippen LogP contribution >= 0.6 is 39.1 Å². The van der Waals surface area contributed by atoms with E-state index in [-0.39, 0.29) is 5.91 Å². The normalized spacial score (nSPS) is 10.4. The van der Waals surface area contributed by atoms with Gasteiger partial charge in [0.1, 0.15) is 0 Å². The Bertz CT molecular complexity index is 677. The molecule has 2 aromatic carbocycles. The maximum Gasteiger partial charge on any atom is 0.253 e. The van der Waals surface area contributed by atoms with Crippen molar-refractivity contribution in [2.75, 3.05) is 12.3 Å². The van der Waals surface area contributed by atoms with Crippen molar-refractivity contribution < 1.29 is 4.79 Å². The Morgan fingerprint density at radius 1 is 1.19 bits per heavy atom. The Morgan fingerprint density at radius 3 is 2.62 bits per heavy atom. The highest BCUT2D eigenvalue weighted by Crippen LogP contribution is 2.21. The number of amides is 1. The molecule has 2 rings (SSSR count). The summed E-state index contributed by atoms with van der Waals surface area (Å²) >= 11 is 15.2. The second kappa shape index (κ2) is 7.16. The highest BCUT2D eigenvalue weighted by molar-refractivity contribution is 9.10. The molecule has 0 spiro atoms. The van der Waals surface area contributed by atoms with Crippen LogP contribution in [0.1, 0.15) is 15.9 Å². The van der Waals surface area contributed by atoms with E-state index in [0.29, 0.717) is 34.3 Å². The van der Waals surface area contributed by atoms with Gasteiger partial charge in [-0.3, -0.25) is 4.79 Å². The van der Waals surface area contributed by atoms with E-state index in [4.69, 9.17) is 28.9 Å². The first-order valence-corrected chi connectivity index (χ1v) is 7.79. The van der Waals surface area contributed by atoms with Gasteiger partial charge in [0.2, 0.25) is 0 Å². The monoisotopic (exact) mass is 386 g/mol. The molecular weight excluding hydrogens is 375 g/mol. The van der Waals surface area contributed by atoms with E-state index in [2.05, 4.69) is 21.2 Å². The third-order valence-corrected chi connectivity index (χ3v) is 4.03. The molecule has 0 unspecified atom stereocenters. The Kier molecular flexibility index (Phi) is 5.51. The minimum absolute atomic E-state index is 0.204. The average Bonchev–Trinajstić information content (AvgIpc) is 2.41. The van der Waals surface area contributed by atoms with Crippen LogP contribution in [0.5, 0.6) is 0 Å². The summed E-state index contributed by atoms with van der Waals surface area (Å²) in [7, 11) is 0. The van der Waals surface area contributed by atoms with E-state index < -0.39 is 0 Å². The summed E-state index contributed by atoms with van der Waals surface area (Å²) in [5, 5.41) is 4.01. The molecule has 0 radical (unpaired) electrons. The lowest BCUT2D eigenvalue weighted by Crippen LogP contribution is -2.26. The SMILES string of the molecule is Nc1cc(Br)ccc1C(=O)NCCc1ccc(Cl)cc1Cl. The Morgan fingerprint density at radius 2 is 1.95 bits per heavy atom. The molecule has 0 aliphatic carbocycles. The minimum Gasteiger partial charge on any atom is -0.398 e. The van der Waals surface area contributed by atoms with E-state index in [1.54, 1.807) is 30.3 Å². The van der Waals surface area contributed by atoms with Crippen LogP contribution in [0, 0.1) is 0 Å². The van der Waals surface area contributed by atoms with Crippen LogP contribution in [-0.2, 0) is 6.42 Å². The lowest BCUT2D eigenvalue weighted by molar-refractivity contribution is 0.0955. The fourth-order valence-corrected chi connectivity index (χ4v) is 2.75. The molecule has 2 aromatic rings. The van der Waals surface area contributed by atoms with Crippen LogP contribution in [0.3, 0.4) is 0 Å². The summed E-state index contributed by atoms with van der Waals surface area (Å²) < 4.78 is 0.837. The standard InChI is InChI=1S/C15H13BrCl2N2O/c16-10-2-4-12(14(19)7-10)15(21)20-6-5-9-1-3-11(17)8-13(9)18/h1-4,7-8H,5-6,19H2,(H,20,21). The zero-order valence-corrected chi connectivity index (χ0v) is 14.1. The van der Waals surface area contributed by atoms with Crippen molar-refractivity contribution in [3.8, 4) is 0 Å². The second-order valence-corrected chi connectivity index (χ2v) is 6.23. The Hall–Kier alpha value is -1.23. The summed E-state index contributed by atoms with van der Waals surface area (Å²) in [6, 6.07) is 10.5. The van der Waals surface area contributed by atoms with Crippen molar-refractivity contribution in [3.63, 3.8) is 0 Å². The highest BCUT2D eigenvalue weighted by atomic mass is 79.9. The number of anilines is 1. The Balaban J connectivity index is 1.95. The molecule has 110 valence electrons. The van der Waals surface area contributed by atoms with E-state index >= 15 is 0 Å². The predicted molar refractivity (Wildman–Crippen MR) is 91.1 cm³/mol. The molecule has 0 atom stereocenters. The third-order valence-electron chi connectivity index (χ3n) is 2.95. The molecule has 0 fully saturated rings. The topological polar surface area (TPSA) is 55.1 Å².